The van der Waals surface area contributed by atoms with Gasteiger partial charge in [0, 0.05) is 12.8 Å². The summed E-state index contributed by atoms with van der Waals surface area (Å²) in [5.41, 5.74) is 0.357. The first kappa shape index (κ1) is 18.8. The highest BCUT2D eigenvalue weighted by Gasteiger charge is 1.99. The van der Waals surface area contributed by atoms with E-state index in [1.807, 2.05) is 0 Å². The molecule has 18 heavy (non-hydrogen) atoms. The maximum absolute atomic E-state index is 11.7. The number of halogens is 5. The first-order valence-electron chi connectivity index (χ1n) is 4.82. The van der Waals surface area contributed by atoms with Crippen molar-refractivity contribution in [3.05, 3.63) is 23.6 Å². The van der Waals surface area contributed by atoms with Crippen LogP contribution in [0.25, 0.3) is 0 Å². The van der Waals surface area contributed by atoms with Crippen LogP contribution in [0.4, 0.5) is 22.0 Å². The Labute approximate surface area is 101 Å². The Bertz CT molecular complexity index is 268. The third kappa shape index (κ3) is 16.9. The first-order valence-corrected chi connectivity index (χ1v) is 4.82. The largest absolute Gasteiger partial charge is 0.298 e. The lowest BCUT2D eigenvalue weighted by molar-refractivity contribution is -0.106. The maximum atomic E-state index is 11.7. The fourth-order valence-corrected chi connectivity index (χ4v) is 0.573. The molecule has 104 valence electrons. The van der Waals surface area contributed by atoms with Gasteiger partial charge in [0.2, 0.25) is 12.9 Å². The molecule has 0 saturated carbocycles. The summed E-state index contributed by atoms with van der Waals surface area (Å²) in [5, 5.41) is 0. The van der Waals surface area contributed by atoms with Gasteiger partial charge in [-0.1, -0.05) is 6.08 Å². The predicted molar refractivity (Wildman–Crippen MR) is 56.3 cm³/mol. The van der Waals surface area contributed by atoms with Gasteiger partial charge in [-0.3, -0.25) is 9.59 Å². The second-order valence-corrected chi connectivity index (χ2v) is 3.03. The minimum atomic E-state index is -2.59. The minimum Gasteiger partial charge on any atom is -0.298 e. The Morgan fingerprint density at radius 2 is 1.39 bits per heavy atom. The average molecular weight is 272 g/mol. The standard InChI is InChI=1S/C6H8F2O.C5H5F3O/c1-5(4-9)2-3-6(7)8;6-4(3-9)1-2-5(7)8/h2,4,6H,3H2,1H3;1,3,5H,2H2. The molecule has 0 aliphatic carbocycles. The van der Waals surface area contributed by atoms with Gasteiger partial charge < -0.3 is 0 Å². The van der Waals surface area contributed by atoms with Crippen molar-refractivity contribution < 1.29 is 31.5 Å². The third-order valence-corrected chi connectivity index (χ3v) is 1.41. The molecule has 0 unspecified atom stereocenters. The van der Waals surface area contributed by atoms with E-state index in [4.69, 9.17) is 0 Å². The summed E-state index contributed by atoms with van der Waals surface area (Å²) < 4.78 is 56.8. The molecule has 0 spiro atoms. The molecular weight excluding hydrogens is 259 g/mol. The number of hydrogen-bond acceptors (Lipinski definition) is 2. The predicted octanol–water partition coefficient (Wildman–Crippen LogP) is 3.48. The van der Waals surface area contributed by atoms with E-state index < -0.39 is 25.1 Å². The molecule has 0 radical (unpaired) electrons. The molecular formula is C11H13F5O2. The van der Waals surface area contributed by atoms with Crippen molar-refractivity contribution in [3.63, 3.8) is 0 Å². The van der Waals surface area contributed by atoms with Gasteiger partial charge in [-0.15, -0.1) is 0 Å². The first-order chi connectivity index (χ1) is 8.33. The summed E-state index contributed by atoms with van der Waals surface area (Å²) in [5.74, 6) is -1.14. The Hall–Kier alpha value is -1.53. The normalized spacial score (nSPS) is 12.2. The van der Waals surface area contributed by atoms with Crippen molar-refractivity contribution in [1.29, 1.82) is 0 Å². The molecule has 0 aliphatic heterocycles. The minimum absolute atomic E-state index is 0.109. The number of alkyl halides is 4. The molecule has 0 fully saturated rings. The molecule has 0 N–H and O–H groups in total. The van der Waals surface area contributed by atoms with Gasteiger partial charge in [0.1, 0.15) is 6.29 Å². The van der Waals surface area contributed by atoms with Crippen LogP contribution in [0, 0.1) is 0 Å². The number of rotatable bonds is 6. The summed E-state index contributed by atoms with van der Waals surface area (Å²) in [6, 6.07) is 0. The fraction of sp³-hybridized carbons (Fsp3) is 0.455. The average Bonchev–Trinajstić information content (AvgIpc) is 2.33. The van der Waals surface area contributed by atoms with Crippen LogP contribution in [0.15, 0.2) is 23.6 Å². The summed E-state index contributed by atoms with van der Waals surface area (Å²) in [7, 11) is 0. The third-order valence-electron chi connectivity index (χ3n) is 1.41. The second kappa shape index (κ2) is 11.9. The van der Waals surface area contributed by atoms with Crippen LogP contribution < -0.4 is 0 Å². The molecule has 0 rings (SSSR count). The lowest BCUT2D eigenvalue weighted by atomic mass is 10.3. The zero-order chi connectivity index (χ0) is 14.6. The highest BCUT2D eigenvalue weighted by Crippen LogP contribution is 2.02. The van der Waals surface area contributed by atoms with E-state index in [1.165, 1.54) is 13.0 Å². The molecule has 0 aliphatic rings. The maximum Gasteiger partial charge on any atom is 0.242 e. The summed E-state index contributed by atoms with van der Waals surface area (Å²) >= 11 is 0. The fourth-order valence-electron chi connectivity index (χ4n) is 0.573. The molecule has 0 heterocycles. The Kier molecular flexibility index (Phi) is 12.5. The number of aldehydes is 2. The van der Waals surface area contributed by atoms with Crippen molar-refractivity contribution >= 4 is 12.6 Å². The van der Waals surface area contributed by atoms with Crippen molar-refractivity contribution in [1.82, 2.24) is 0 Å². The quantitative estimate of drug-likeness (QED) is 0.421. The second-order valence-electron chi connectivity index (χ2n) is 3.03. The van der Waals surface area contributed by atoms with Gasteiger partial charge in [-0.25, -0.2) is 22.0 Å². The van der Waals surface area contributed by atoms with Crippen LogP contribution in [0.1, 0.15) is 19.8 Å². The zero-order valence-electron chi connectivity index (χ0n) is 9.58. The SMILES string of the molecule is CC(C=O)=CCC(F)F.O=CC(F)=CCC(F)F. The van der Waals surface area contributed by atoms with Gasteiger partial charge in [-0.05, 0) is 18.6 Å². The molecule has 0 amide bonds. The topological polar surface area (TPSA) is 34.1 Å². The van der Waals surface area contributed by atoms with Gasteiger partial charge in [-0.2, -0.15) is 0 Å². The van der Waals surface area contributed by atoms with Crippen LogP contribution in [0.2, 0.25) is 0 Å². The van der Waals surface area contributed by atoms with Crippen molar-refractivity contribution in [2.45, 2.75) is 32.6 Å². The van der Waals surface area contributed by atoms with Gasteiger partial charge in [0.15, 0.2) is 12.1 Å². The van der Waals surface area contributed by atoms with E-state index in [9.17, 15) is 31.5 Å². The monoisotopic (exact) mass is 272 g/mol. The molecule has 0 aromatic heterocycles. The van der Waals surface area contributed by atoms with E-state index in [0.717, 1.165) is 0 Å². The van der Waals surface area contributed by atoms with E-state index >= 15 is 0 Å². The molecule has 2 nitrogen and oxygen atoms in total. The highest BCUT2D eigenvalue weighted by molar-refractivity contribution is 5.71. The Morgan fingerprint density at radius 3 is 1.72 bits per heavy atom. The van der Waals surface area contributed by atoms with Crippen molar-refractivity contribution in [2.24, 2.45) is 0 Å². The zero-order valence-corrected chi connectivity index (χ0v) is 9.58. The number of carbonyl (C=O) groups excluding carboxylic acids is 2. The highest BCUT2D eigenvalue weighted by atomic mass is 19.3. The van der Waals surface area contributed by atoms with Gasteiger partial charge in [0.25, 0.3) is 0 Å². The molecule has 0 bridgehead atoms. The smallest absolute Gasteiger partial charge is 0.242 e. The van der Waals surface area contributed by atoms with E-state index in [-0.39, 0.29) is 12.7 Å². The van der Waals surface area contributed by atoms with Gasteiger partial charge in [0.05, 0.1) is 0 Å². The lowest BCUT2D eigenvalue weighted by Gasteiger charge is -1.89. The van der Waals surface area contributed by atoms with E-state index in [2.05, 4.69) is 0 Å². The molecule has 7 heteroatoms. The van der Waals surface area contributed by atoms with Crippen LogP contribution in [-0.4, -0.2) is 25.4 Å². The van der Waals surface area contributed by atoms with Crippen molar-refractivity contribution in [3.8, 4) is 0 Å². The van der Waals surface area contributed by atoms with Crippen LogP contribution in [0.5, 0.6) is 0 Å². The number of hydrogen-bond donors (Lipinski definition) is 0. The molecule has 0 aromatic carbocycles. The molecule has 0 saturated heterocycles. The van der Waals surface area contributed by atoms with Gasteiger partial charge >= 0.3 is 0 Å². The molecule has 0 aromatic rings. The van der Waals surface area contributed by atoms with Crippen LogP contribution >= 0.6 is 0 Å². The summed E-state index contributed by atoms with van der Waals surface area (Å²) in [6.45, 7) is 1.50. The van der Waals surface area contributed by atoms with Crippen LogP contribution in [0.3, 0.4) is 0 Å². The van der Waals surface area contributed by atoms with E-state index in [1.54, 1.807) is 0 Å². The summed E-state index contributed by atoms with van der Waals surface area (Å²) in [6.07, 6.45) is -3.74. The number of carbonyl (C=O) groups is 2. The van der Waals surface area contributed by atoms with E-state index in [0.29, 0.717) is 17.9 Å². The summed E-state index contributed by atoms with van der Waals surface area (Å²) in [4.78, 5) is 19.2. The Balaban J connectivity index is 0. The molecule has 0 atom stereocenters. The Morgan fingerprint density at radius 1 is 0.944 bits per heavy atom. The van der Waals surface area contributed by atoms with Crippen molar-refractivity contribution in [2.75, 3.05) is 0 Å². The van der Waals surface area contributed by atoms with Crippen LogP contribution in [-0.2, 0) is 9.59 Å². The number of allylic oxidation sites excluding steroid dienone is 4. The lowest BCUT2D eigenvalue weighted by Crippen LogP contribution is -1.86.